The van der Waals surface area contributed by atoms with Crippen LogP contribution in [0, 0.1) is 5.41 Å². The highest BCUT2D eigenvalue weighted by molar-refractivity contribution is 5.84. The molecule has 0 aliphatic carbocycles. The molecule has 0 radical (unpaired) electrons. The van der Waals surface area contributed by atoms with Gasteiger partial charge < -0.3 is 16.0 Å². The molecule has 112 valence electrons. The van der Waals surface area contributed by atoms with Gasteiger partial charge in [-0.15, -0.1) is 0 Å². The van der Waals surface area contributed by atoms with Crippen LogP contribution in [0.25, 0.3) is 0 Å². The summed E-state index contributed by atoms with van der Waals surface area (Å²) in [5.74, 6) is 0.0759. The quantitative estimate of drug-likeness (QED) is 0.518. The van der Waals surface area contributed by atoms with Crippen LogP contribution in [0.15, 0.2) is 4.99 Å². The molecule has 3 N–H and O–H groups in total. The van der Waals surface area contributed by atoms with Crippen molar-refractivity contribution in [3.05, 3.63) is 0 Å². The lowest BCUT2D eigenvalue weighted by Gasteiger charge is -2.24. The summed E-state index contributed by atoms with van der Waals surface area (Å²) in [6.45, 7) is 3.45. The Labute approximate surface area is 111 Å². The van der Waals surface area contributed by atoms with Gasteiger partial charge >= 0.3 is 6.18 Å². The first-order chi connectivity index (χ1) is 8.62. The lowest BCUT2D eigenvalue weighted by molar-refractivity contribution is -0.132. The van der Waals surface area contributed by atoms with E-state index in [0.29, 0.717) is 0 Å². The van der Waals surface area contributed by atoms with Gasteiger partial charge in [0, 0.05) is 27.2 Å². The Bertz CT molecular complexity index is 326. The summed E-state index contributed by atoms with van der Waals surface area (Å²) < 4.78 is 36.0. The normalized spacial score (nSPS) is 13.1. The van der Waals surface area contributed by atoms with E-state index in [4.69, 9.17) is 0 Å². The predicted octanol–water partition coefficient (Wildman–Crippen LogP) is 0.876. The molecular formula is C11H21F3N4O. The summed E-state index contributed by atoms with van der Waals surface area (Å²) in [5, 5.41) is 7.89. The maximum atomic E-state index is 12.0. The summed E-state index contributed by atoms with van der Waals surface area (Å²) in [6.07, 6.45) is -5.14. The fourth-order valence-corrected chi connectivity index (χ4v) is 1.27. The molecule has 0 saturated carbocycles. The van der Waals surface area contributed by atoms with Gasteiger partial charge in [-0.25, -0.2) is 0 Å². The van der Waals surface area contributed by atoms with E-state index in [0.717, 1.165) is 0 Å². The van der Waals surface area contributed by atoms with E-state index in [1.54, 1.807) is 13.8 Å². The van der Waals surface area contributed by atoms with Crippen molar-refractivity contribution in [1.29, 1.82) is 0 Å². The highest BCUT2D eigenvalue weighted by Crippen LogP contribution is 2.18. The Morgan fingerprint density at radius 1 is 1.21 bits per heavy atom. The summed E-state index contributed by atoms with van der Waals surface area (Å²) >= 11 is 0. The van der Waals surface area contributed by atoms with Gasteiger partial charge in [0.25, 0.3) is 0 Å². The summed E-state index contributed by atoms with van der Waals surface area (Å²) in [6, 6.07) is 0. The van der Waals surface area contributed by atoms with Crippen molar-refractivity contribution >= 4 is 11.9 Å². The molecule has 0 fully saturated rings. The Kier molecular flexibility index (Phi) is 6.64. The number of amides is 1. The van der Waals surface area contributed by atoms with Crippen LogP contribution in [0.3, 0.4) is 0 Å². The minimum absolute atomic E-state index is 0.161. The molecule has 0 heterocycles. The molecule has 0 aliphatic rings. The number of carbonyl (C=O) groups is 1. The van der Waals surface area contributed by atoms with E-state index >= 15 is 0 Å². The van der Waals surface area contributed by atoms with Crippen LogP contribution in [0.1, 0.15) is 20.3 Å². The lowest BCUT2D eigenvalue weighted by atomic mass is 9.92. The number of aliphatic imine (C=N–C) groups is 1. The molecule has 0 aromatic rings. The van der Waals surface area contributed by atoms with Gasteiger partial charge in [-0.3, -0.25) is 9.79 Å². The van der Waals surface area contributed by atoms with Gasteiger partial charge in [-0.1, -0.05) is 0 Å². The van der Waals surface area contributed by atoms with Crippen molar-refractivity contribution in [3.63, 3.8) is 0 Å². The Morgan fingerprint density at radius 3 is 2.21 bits per heavy atom. The fourth-order valence-electron chi connectivity index (χ4n) is 1.27. The number of hydrogen-bond donors (Lipinski definition) is 3. The number of guanidine groups is 1. The van der Waals surface area contributed by atoms with E-state index < -0.39 is 18.0 Å². The van der Waals surface area contributed by atoms with Crippen LogP contribution < -0.4 is 16.0 Å². The van der Waals surface area contributed by atoms with Crippen molar-refractivity contribution in [2.24, 2.45) is 10.4 Å². The molecule has 0 unspecified atom stereocenters. The molecule has 0 aliphatic heterocycles. The van der Waals surface area contributed by atoms with Crippen molar-refractivity contribution in [2.75, 3.05) is 27.2 Å². The van der Waals surface area contributed by atoms with Crippen LogP contribution in [0.5, 0.6) is 0 Å². The standard InChI is InChI=1S/C11H21F3N4O/c1-10(2,8(19)15-3)7-18-9(16-4)17-6-5-11(12,13)14/h5-7H2,1-4H3,(H,15,19)(H2,16,17,18). The molecule has 8 heteroatoms. The first-order valence-electron chi connectivity index (χ1n) is 5.86. The molecule has 0 aromatic heterocycles. The minimum atomic E-state index is -4.20. The monoisotopic (exact) mass is 282 g/mol. The highest BCUT2D eigenvalue weighted by atomic mass is 19.4. The molecule has 0 aromatic carbocycles. The minimum Gasteiger partial charge on any atom is -0.359 e. The highest BCUT2D eigenvalue weighted by Gasteiger charge is 2.28. The zero-order chi connectivity index (χ0) is 15.1. The van der Waals surface area contributed by atoms with Gasteiger partial charge in [0.1, 0.15) is 0 Å². The number of alkyl halides is 3. The van der Waals surface area contributed by atoms with Gasteiger partial charge in [0.05, 0.1) is 11.8 Å². The first kappa shape index (κ1) is 17.5. The smallest absolute Gasteiger partial charge is 0.359 e. The number of hydrogen-bond acceptors (Lipinski definition) is 2. The van der Waals surface area contributed by atoms with Crippen LogP contribution in [-0.4, -0.2) is 45.2 Å². The average molecular weight is 282 g/mol. The summed E-state index contributed by atoms with van der Waals surface area (Å²) in [5.41, 5.74) is -0.684. The van der Waals surface area contributed by atoms with E-state index in [9.17, 15) is 18.0 Å². The van der Waals surface area contributed by atoms with Crippen LogP contribution in [0.2, 0.25) is 0 Å². The topological polar surface area (TPSA) is 65.5 Å². The number of halogens is 3. The Hall–Kier alpha value is -1.47. The summed E-state index contributed by atoms with van der Waals surface area (Å²) in [4.78, 5) is 15.3. The van der Waals surface area contributed by atoms with Gasteiger partial charge in [0.2, 0.25) is 5.91 Å². The molecular weight excluding hydrogens is 261 g/mol. The lowest BCUT2D eigenvalue weighted by Crippen LogP contribution is -2.47. The molecule has 0 saturated heterocycles. The van der Waals surface area contributed by atoms with E-state index in [1.165, 1.54) is 14.1 Å². The number of carbonyl (C=O) groups excluding carboxylic acids is 1. The third-order valence-electron chi connectivity index (χ3n) is 2.46. The molecule has 5 nitrogen and oxygen atoms in total. The molecule has 0 bridgehead atoms. The van der Waals surface area contributed by atoms with Gasteiger partial charge in [-0.05, 0) is 13.8 Å². The van der Waals surface area contributed by atoms with Crippen molar-refractivity contribution < 1.29 is 18.0 Å². The van der Waals surface area contributed by atoms with E-state index in [-0.39, 0.29) is 25.0 Å². The maximum absolute atomic E-state index is 12.0. The SMILES string of the molecule is CN=C(NCCC(F)(F)F)NCC(C)(C)C(=O)NC. The Morgan fingerprint density at radius 2 is 1.79 bits per heavy atom. The Balaban J connectivity index is 4.19. The average Bonchev–Trinajstić information content (AvgIpc) is 2.30. The van der Waals surface area contributed by atoms with E-state index in [1.807, 2.05) is 0 Å². The van der Waals surface area contributed by atoms with Crippen LogP contribution in [0.4, 0.5) is 13.2 Å². The van der Waals surface area contributed by atoms with Gasteiger partial charge in [0.15, 0.2) is 5.96 Å². The maximum Gasteiger partial charge on any atom is 0.390 e. The second-order valence-corrected chi connectivity index (χ2v) is 4.68. The van der Waals surface area contributed by atoms with Crippen LogP contribution >= 0.6 is 0 Å². The largest absolute Gasteiger partial charge is 0.390 e. The molecule has 0 spiro atoms. The second kappa shape index (κ2) is 7.20. The molecule has 0 atom stereocenters. The fraction of sp³-hybridized carbons (Fsp3) is 0.818. The van der Waals surface area contributed by atoms with Crippen molar-refractivity contribution in [1.82, 2.24) is 16.0 Å². The van der Waals surface area contributed by atoms with E-state index in [2.05, 4.69) is 20.9 Å². The number of nitrogens with one attached hydrogen (secondary N) is 3. The third-order valence-corrected chi connectivity index (χ3v) is 2.46. The molecule has 1 amide bonds. The molecule has 0 rings (SSSR count). The third kappa shape index (κ3) is 7.53. The zero-order valence-electron chi connectivity index (χ0n) is 11.6. The first-order valence-corrected chi connectivity index (χ1v) is 5.86. The molecule has 19 heavy (non-hydrogen) atoms. The van der Waals surface area contributed by atoms with Crippen LogP contribution in [-0.2, 0) is 4.79 Å². The zero-order valence-corrected chi connectivity index (χ0v) is 11.6. The van der Waals surface area contributed by atoms with Crippen molar-refractivity contribution in [3.8, 4) is 0 Å². The number of rotatable bonds is 5. The number of nitrogens with zero attached hydrogens (tertiary/aromatic N) is 1. The predicted molar refractivity (Wildman–Crippen MR) is 67.9 cm³/mol. The van der Waals surface area contributed by atoms with Crippen molar-refractivity contribution in [2.45, 2.75) is 26.4 Å². The second-order valence-electron chi connectivity index (χ2n) is 4.68. The summed E-state index contributed by atoms with van der Waals surface area (Å²) in [7, 11) is 2.98. The van der Waals surface area contributed by atoms with Gasteiger partial charge in [-0.2, -0.15) is 13.2 Å².